The Kier molecular flexibility index (Phi) is 5.26. The molecule has 6 nitrogen and oxygen atoms in total. The summed E-state index contributed by atoms with van der Waals surface area (Å²) in [5.74, 6) is 0.437. The SMILES string of the molecule is COc1ccc2c(c1)CC(C(C)C)CN2C(=O)c1c(C)coc1CC(=O)O. The van der Waals surface area contributed by atoms with E-state index in [1.165, 1.54) is 6.26 Å². The maximum atomic E-state index is 13.4. The van der Waals surface area contributed by atoms with Crippen LogP contribution in [-0.4, -0.2) is 30.6 Å². The van der Waals surface area contributed by atoms with Crippen LogP contribution in [0.25, 0.3) is 0 Å². The first-order valence-electron chi connectivity index (χ1n) is 9.09. The number of ether oxygens (including phenoxy) is 1. The predicted molar refractivity (Wildman–Crippen MR) is 101 cm³/mol. The molecule has 144 valence electrons. The van der Waals surface area contributed by atoms with Crippen molar-refractivity contribution in [2.45, 2.75) is 33.6 Å². The molecule has 0 aliphatic carbocycles. The zero-order valence-corrected chi connectivity index (χ0v) is 16.1. The molecule has 0 fully saturated rings. The lowest BCUT2D eigenvalue weighted by molar-refractivity contribution is -0.136. The van der Waals surface area contributed by atoms with Crippen LogP contribution in [0.15, 0.2) is 28.9 Å². The van der Waals surface area contributed by atoms with E-state index in [-0.39, 0.29) is 18.1 Å². The number of furan rings is 1. The Morgan fingerprint density at radius 1 is 1.37 bits per heavy atom. The number of carbonyl (C=O) groups excluding carboxylic acids is 1. The molecule has 6 heteroatoms. The smallest absolute Gasteiger partial charge is 0.311 e. The molecule has 1 atom stereocenters. The number of nitrogens with zero attached hydrogens (tertiary/aromatic N) is 1. The molecule has 0 radical (unpaired) electrons. The van der Waals surface area contributed by atoms with Crippen LogP contribution in [0.3, 0.4) is 0 Å². The Morgan fingerprint density at radius 3 is 2.74 bits per heavy atom. The number of aryl methyl sites for hydroxylation is 1. The van der Waals surface area contributed by atoms with Gasteiger partial charge in [-0.1, -0.05) is 13.8 Å². The standard InChI is InChI=1S/C21H25NO5/c1-12(2)15-7-14-8-16(26-4)5-6-17(14)22(10-15)21(25)20-13(3)11-27-18(20)9-19(23)24/h5-6,8,11-12,15H,7,9-10H2,1-4H3,(H,23,24). The van der Waals surface area contributed by atoms with Crippen molar-refractivity contribution in [1.82, 2.24) is 0 Å². The first kappa shape index (κ1) is 19.0. The molecular weight excluding hydrogens is 346 g/mol. The van der Waals surface area contributed by atoms with E-state index >= 15 is 0 Å². The van der Waals surface area contributed by atoms with E-state index in [0.29, 0.717) is 29.5 Å². The van der Waals surface area contributed by atoms with E-state index in [1.807, 2.05) is 18.2 Å². The van der Waals surface area contributed by atoms with Crippen molar-refractivity contribution in [3.05, 3.63) is 46.9 Å². The summed E-state index contributed by atoms with van der Waals surface area (Å²) in [5, 5.41) is 9.12. The molecule has 1 amide bonds. The number of fused-ring (bicyclic) bond motifs is 1. The van der Waals surface area contributed by atoms with Crippen molar-refractivity contribution in [1.29, 1.82) is 0 Å². The first-order valence-corrected chi connectivity index (χ1v) is 9.09. The molecule has 1 N–H and O–H groups in total. The summed E-state index contributed by atoms with van der Waals surface area (Å²) >= 11 is 0. The van der Waals surface area contributed by atoms with Crippen LogP contribution < -0.4 is 9.64 Å². The van der Waals surface area contributed by atoms with Crippen LogP contribution in [0.2, 0.25) is 0 Å². The highest BCUT2D eigenvalue weighted by Gasteiger charge is 2.33. The number of carbonyl (C=O) groups is 2. The van der Waals surface area contributed by atoms with Gasteiger partial charge in [0.15, 0.2) is 0 Å². The van der Waals surface area contributed by atoms with Gasteiger partial charge in [-0.15, -0.1) is 0 Å². The second kappa shape index (κ2) is 7.47. The van der Waals surface area contributed by atoms with Gasteiger partial charge >= 0.3 is 5.97 Å². The Labute approximate surface area is 158 Å². The number of aliphatic carboxylic acids is 1. The Bertz CT molecular complexity index is 867. The molecule has 2 heterocycles. The zero-order valence-electron chi connectivity index (χ0n) is 16.1. The van der Waals surface area contributed by atoms with Gasteiger partial charge in [0.2, 0.25) is 0 Å². The maximum absolute atomic E-state index is 13.4. The Morgan fingerprint density at radius 2 is 2.11 bits per heavy atom. The van der Waals surface area contributed by atoms with E-state index in [1.54, 1.807) is 18.9 Å². The molecule has 3 rings (SSSR count). The zero-order chi connectivity index (χ0) is 19.7. The normalized spacial score (nSPS) is 16.3. The average Bonchev–Trinajstić information content (AvgIpc) is 2.98. The van der Waals surface area contributed by atoms with Crippen LogP contribution >= 0.6 is 0 Å². The van der Waals surface area contributed by atoms with Crippen LogP contribution in [0.1, 0.15) is 41.1 Å². The van der Waals surface area contributed by atoms with Gasteiger partial charge in [-0.25, -0.2) is 0 Å². The third kappa shape index (κ3) is 3.70. The van der Waals surface area contributed by atoms with E-state index in [9.17, 15) is 9.59 Å². The second-order valence-corrected chi connectivity index (χ2v) is 7.41. The number of methoxy groups -OCH3 is 1. The molecule has 1 unspecified atom stereocenters. The maximum Gasteiger partial charge on any atom is 0.311 e. The van der Waals surface area contributed by atoms with Crippen LogP contribution in [0, 0.1) is 18.8 Å². The summed E-state index contributed by atoms with van der Waals surface area (Å²) < 4.78 is 10.7. The third-order valence-electron chi connectivity index (χ3n) is 5.24. The van der Waals surface area contributed by atoms with Gasteiger partial charge in [0.25, 0.3) is 5.91 Å². The summed E-state index contributed by atoms with van der Waals surface area (Å²) in [6.07, 6.45) is 2.01. The van der Waals surface area contributed by atoms with E-state index in [4.69, 9.17) is 14.3 Å². The number of carboxylic acid groups (broad SMARTS) is 1. The fourth-order valence-corrected chi connectivity index (χ4v) is 3.62. The molecule has 0 saturated carbocycles. The molecule has 2 aromatic rings. The van der Waals surface area contributed by atoms with Crippen molar-refractivity contribution in [3.63, 3.8) is 0 Å². The van der Waals surface area contributed by atoms with Gasteiger partial charge in [-0.05, 0) is 48.9 Å². The van der Waals surface area contributed by atoms with Crippen molar-refractivity contribution < 1.29 is 23.8 Å². The largest absolute Gasteiger partial charge is 0.497 e. The van der Waals surface area contributed by atoms with Crippen LogP contribution in [0.5, 0.6) is 5.75 Å². The van der Waals surface area contributed by atoms with Gasteiger partial charge in [0.05, 0.1) is 18.9 Å². The van der Waals surface area contributed by atoms with E-state index in [0.717, 1.165) is 23.4 Å². The molecular formula is C21H25NO5. The molecule has 0 saturated heterocycles. The minimum atomic E-state index is -1.03. The minimum Gasteiger partial charge on any atom is -0.497 e. The monoisotopic (exact) mass is 371 g/mol. The van der Waals surface area contributed by atoms with Crippen molar-refractivity contribution >= 4 is 17.6 Å². The predicted octanol–water partition coefficient (Wildman–Crippen LogP) is 3.70. The number of carboxylic acids is 1. The number of hydrogen-bond acceptors (Lipinski definition) is 4. The van der Waals surface area contributed by atoms with Gasteiger partial charge in [-0.2, -0.15) is 0 Å². The quantitative estimate of drug-likeness (QED) is 0.867. The highest BCUT2D eigenvalue weighted by atomic mass is 16.5. The van der Waals surface area contributed by atoms with Crippen LogP contribution in [0.4, 0.5) is 5.69 Å². The van der Waals surface area contributed by atoms with E-state index in [2.05, 4.69) is 13.8 Å². The lowest BCUT2D eigenvalue weighted by Gasteiger charge is -2.36. The lowest BCUT2D eigenvalue weighted by atomic mass is 9.84. The summed E-state index contributed by atoms with van der Waals surface area (Å²) in [6.45, 7) is 6.66. The summed E-state index contributed by atoms with van der Waals surface area (Å²) in [5.41, 5.74) is 2.91. The fraction of sp³-hybridized carbons (Fsp3) is 0.429. The van der Waals surface area contributed by atoms with E-state index < -0.39 is 5.97 Å². The third-order valence-corrected chi connectivity index (χ3v) is 5.24. The van der Waals surface area contributed by atoms with Gasteiger partial charge in [0, 0.05) is 17.8 Å². The molecule has 27 heavy (non-hydrogen) atoms. The molecule has 1 aliphatic heterocycles. The number of rotatable bonds is 5. The van der Waals surface area contributed by atoms with Gasteiger partial charge in [0.1, 0.15) is 17.9 Å². The topological polar surface area (TPSA) is 80.0 Å². The highest BCUT2D eigenvalue weighted by molar-refractivity contribution is 6.08. The Hall–Kier alpha value is -2.76. The molecule has 0 bridgehead atoms. The summed E-state index contributed by atoms with van der Waals surface area (Å²) in [7, 11) is 1.63. The number of anilines is 1. The molecule has 1 aromatic carbocycles. The highest BCUT2D eigenvalue weighted by Crippen LogP contribution is 2.36. The lowest BCUT2D eigenvalue weighted by Crippen LogP contribution is -2.42. The fourth-order valence-electron chi connectivity index (χ4n) is 3.62. The van der Waals surface area contributed by atoms with Crippen molar-refractivity contribution in [3.8, 4) is 5.75 Å². The van der Waals surface area contributed by atoms with Gasteiger partial charge < -0.3 is 19.2 Å². The van der Waals surface area contributed by atoms with Crippen molar-refractivity contribution in [2.24, 2.45) is 11.8 Å². The first-order chi connectivity index (χ1) is 12.8. The average molecular weight is 371 g/mol. The molecule has 1 aliphatic rings. The van der Waals surface area contributed by atoms with Crippen LogP contribution in [-0.2, 0) is 17.6 Å². The summed E-state index contributed by atoms with van der Waals surface area (Å²) in [6, 6.07) is 5.72. The number of amides is 1. The minimum absolute atomic E-state index is 0.201. The number of benzene rings is 1. The summed E-state index contributed by atoms with van der Waals surface area (Å²) in [4.78, 5) is 26.3. The molecule has 1 aromatic heterocycles. The second-order valence-electron chi connectivity index (χ2n) is 7.41. The van der Waals surface area contributed by atoms with Crippen molar-refractivity contribution in [2.75, 3.05) is 18.6 Å². The van der Waals surface area contributed by atoms with Gasteiger partial charge in [-0.3, -0.25) is 9.59 Å². The molecule has 0 spiro atoms. The Balaban J connectivity index is 2.04. The number of hydrogen-bond donors (Lipinski definition) is 1.